The Morgan fingerprint density at radius 1 is 1.35 bits per heavy atom. The van der Waals surface area contributed by atoms with Crippen LogP contribution in [0.1, 0.15) is 21.1 Å². The van der Waals surface area contributed by atoms with E-state index in [4.69, 9.17) is 9.15 Å². The average Bonchev–Trinajstić information content (AvgIpc) is 3.22. The number of hydrogen-bond acceptors (Lipinski definition) is 7. The third-order valence-corrected chi connectivity index (χ3v) is 4.29. The second kappa shape index (κ2) is 6.57. The zero-order chi connectivity index (χ0) is 16.2. The Bertz CT molecular complexity index is 797. The summed E-state index contributed by atoms with van der Waals surface area (Å²) in [5, 5.41) is 11.2. The Morgan fingerprint density at radius 2 is 2.22 bits per heavy atom. The summed E-state index contributed by atoms with van der Waals surface area (Å²) in [6, 6.07) is 6.83. The molecule has 0 radical (unpaired) electrons. The smallest absolute Gasteiger partial charge is 0.272 e. The maximum atomic E-state index is 12.1. The molecule has 0 aliphatic carbocycles. The summed E-state index contributed by atoms with van der Waals surface area (Å²) in [6.45, 7) is 2.27. The summed E-state index contributed by atoms with van der Waals surface area (Å²) < 4.78 is 10.2. The van der Waals surface area contributed by atoms with Crippen LogP contribution in [0.2, 0.25) is 0 Å². The molecular formula is C15H14N4O3S. The number of rotatable bonds is 5. The quantitative estimate of drug-likeness (QED) is 0.773. The lowest BCUT2D eigenvalue weighted by Gasteiger charge is -2.03. The van der Waals surface area contributed by atoms with Crippen molar-refractivity contribution in [2.75, 3.05) is 7.11 Å². The molecule has 7 nitrogen and oxygen atoms in total. The van der Waals surface area contributed by atoms with Gasteiger partial charge in [0.2, 0.25) is 5.88 Å². The molecule has 8 heteroatoms. The molecule has 1 amide bonds. The standard InChI is InChI=1S/C15H14N4O3S/c1-9-12(23-15(17-9)11-4-3-7-22-11)8-16-14(20)10-5-6-13(21-2)19-18-10/h3-7H,8H2,1-2H3,(H,16,20). The van der Waals surface area contributed by atoms with Gasteiger partial charge in [-0.15, -0.1) is 21.5 Å². The molecule has 0 saturated heterocycles. The fraction of sp³-hybridized carbons (Fsp3) is 0.200. The molecule has 0 unspecified atom stereocenters. The van der Waals surface area contributed by atoms with Gasteiger partial charge in [0.25, 0.3) is 5.91 Å². The first-order chi connectivity index (χ1) is 11.2. The van der Waals surface area contributed by atoms with Gasteiger partial charge in [-0.25, -0.2) is 4.98 Å². The number of nitrogens with one attached hydrogen (secondary N) is 1. The number of aryl methyl sites for hydroxylation is 1. The summed E-state index contributed by atoms with van der Waals surface area (Å²) >= 11 is 1.48. The van der Waals surface area contributed by atoms with Crippen LogP contribution in [0.5, 0.6) is 5.88 Å². The van der Waals surface area contributed by atoms with Gasteiger partial charge < -0.3 is 14.5 Å². The second-order valence-electron chi connectivity index (χ2n) is 4.65. The summed E-state index contributed by atoms with van der Waals surface area (Å²) in [5.74, 6) is 0.784. The van der Waals surface area contributed by atoms with Gasteiger partial charge in [0.1, 0.15) is 0 Å². The normalized spacial score (nSPS) is 10.5. The van der Waals surface area contributed by atoms with Crippen LogP contribution in [-0.4, -0.2) is 28.2 Å². The van der Waals surface area contributed by atoms with E-state index in [0.29, 0.717) is 12.4 Å². The highest BCUT2D eigenvalue weighted by atomic mass is 32.1. The molecule has 3 heterocycles. The first-order valence-corrected chi connectivity index (χ1v) is 7.65. The van der Waals surface area contributed by atoms with E-state index in [0.717, 1.165) is 21.3 Å². The zero-order valence-corrected chi connectivity index (χ0v) is 13.4. The van der Waals surface area contributed by atoms with E-state index in [-0.39, 0.29) is 11.6 Å². The largest absolute Gasteiger partial charge is 0.480 e. The first kappa shape index (κ1) is 15.2. The summed E-state index contributed by atoms with van der Waals surface area (Å²) in [6.07, 6.45) is 1.61. The minimum atomic E-state index is -0.299. The lowest BCUT2D eigenvalue weighted by Crippen LogP contribution is -2.24. The fourth-order valence-electron chi connectivity index (χ4n) is 1.90. The van der Waals surface area contributed by atoms with Gasteiger partial charge in [0.15, 0.2) is 16.5 Å². The van der Waals surface area contributed by atoms with E-state index in [1.807, 2.05) is 19.1 Å². The molecule has 3 aromatic rings. The Labute approximate surface area is 136 Å². The van der Waals surface area contributed by atoms with Crippen molar-refractivity contribution in [2.24, 2.45) is 0 Å². The van der Waals surface area contributed by atoms with Crippen LogP contribution in [0.4, 0.5) is 0 Å². The van der Waals surface area contributed by atoms with E-state index < -0.39 is 0 Å². The van der Waals surface area contributed by atoms with Crippen molar-refractivity contribution in [3.8, 4) is 16.6 Å². The number of aromatic nitrogens is 3. The lowest BCUT2D eigenvalue weighted by molar-refractivity contribution is 0.0945. The van der Waals surface area contributed by atoms with Crippen molar-refractivity contribution in [3.05, 3.63) is 46.8 Å². The number of methoxy groups -OCH3 is 1. The monoisotopic (exact) mass is 330 g/mol. The molecule has 3 aromatic heterocycles. The van der Waals surface area contributed by atoms with E-state index in [9.17, 15) is 4.79 Å². The molecule has 0 saturated carbocycles. The minimum Gasteiger partial charge on any atom is -0.480 e. The summed E-state index contributed by atoms with van der Waals surface area (Å²) in [5.41, 5.74) is 1.10. The van der Waals surface area contributed by atoms with Crippen LogP contribution in [0.3, 0.4) is 0 Å². The first-order valence-electron chi connectivity index (χ1n) is 6.83. The van der Waals surface area contributed by atoms with E-state index in [2.05, 4.69) is 20.5 Å². The Hall–Kier alpha value is -2.74. The molecule has 0 aliphatic heterocycles. The molecule has 0 spiro atoms. The highest BCUT2D eigenvalue weighted by molar-refractivity contribution is 7.15. The Balaban J connectivity index is 1.67. The number of carbonyl (C=O) groups excluding carboxylic acids is 1. The third kappa shape index (κ3) is 3.37. The van der Waals surface area contributed by atoms with E-state index in [1.54, 1.807) is 18.4 Å². The highest BCUT2D eigenvalue weighted by Gasteiger charge is 2.13. The number of ether oxygens (including phenoxy) is 1. The van der Waals surface area contributed by atoms with E-state index >= 15 is 0 Å². The molecular weight excluding hydrogens is 316 g/mol. The molecule has 118 valence electrons. The number of thiazole rings is 1. The van der Waals surface area contributed by atoms with Crippen molar-refractivity contribution < 1.29 is 13.9 Å². The van der Waals surface area contributed by atoms with E-state index in [1.165, 1.54) is 18.4 Å². The number of nitrogens with zero attached hydrogens (tertiary/aromatic N) is 3. The minimum absolute atomic E-state index is 0.235. The van der Waals surface area contributed by atoms with Gasteiger partial charge in [-0.3, -0.25) is 4.79 Å². The zero-order valence-electron chi connectivity index (χ0n) is 12.6. The topological polar surface area (TPSA) is 90.1 Å². The molecule has 0 aromatic carbocycles. The number of amides is 1. The predicted octanol–water partition coefficient (Wildman–Crippen LogP) is 2.44. The predicted molar refractivity (Wildman–Crippen MR) is 84.3 cm³/mol. The highest BCUT2D eigenvalue weighted by Crippen LogP contribution is 2.28. The van der Waals surface area contributed by atoms with Crippen LogP contribution < -0.4 is 10.1 Å². The van der Waals surface area contributed by atoms with Crippen LogP contribution in [0, 0.1) is 6.92 Å². The van der Waals surface area contributed by atoms with Crippen molar-refractivity contribution in [1.29, 1.82) is 0 Å². The average molecular weight is 330 g/mol. The Morgan fingerprint density at radius 3 is 2.87 bits per heavy atom. The van der Waals surface area contributed by atoms with Crippen LogP contribution in [0.15, 0.2) is 34.9 Å². The van der Waals surface area contributed by atoms with Gasteiger partial charge in [0, 0.05) is 10.9 Å². The van der Waals surface area contributed by atoms with Crippen LogP contribution in [-0.2, 0) is 6.54 Å². The molecule has 23 heavy (non-hydrogen) atoms. The van der Waals surface area contributed by atoms with Gasteiger partial charge in [-0.2, -0.15) is 0 Å². The fourth-order valence-corrected chi connectivity index (χ4v) is 2.87. The molecule has 0 atom stereocenters. The molecule has 0 bridgehead atoms. The van der Waals surface area contributed by atoms with Gasteiger partial charge in [-0.05, 0) is 25.1 Å². The number of hydrogen-bond donors (Lipinski definition) is 1. The van der Waals surface area contributed by atoms with Crippen molar-refractivity contribution in [2.45, 2.75) is 13.5 Å². The second-order valence-corrected chi connectivity index (χ2v) is 5.73. The number of furan rings is 1. The van der Waals surface area contributed by atoms with Gasteiger partial charge in [0.05, 0.1) is 25.6 Å². The maximum Gasteiger partial charge on any atom is 0.272 e. The van der Waals surface area contributed by atoms with Crippen molar-refractivity contribution in [1.82, 2.24) is 20.5 Å². The van der Waals surface area contributed by atoms with Gasteiger partial charge >= 0.3 is 0 Å². The molecule has 0 fully saturated rings. The molecule has 0 aliphatic rings. The lowest BCUT2D eigenvalue weighted by atomic mass is 10.3. The third-order valence-electron chi connectivity index (χ3n) is 3.12. The molecule has 3 rings (SSSR count). The Kier molecular flexibility index (Phi) is 4.33. The SMILES string of the molecule is COc1ccc(C(=O)NCc2sc(-c3ccco3)nc2C)nn1. The van der Waals surface area contributed by atoms with Crippen LogP contribution >= 0.6 is 11.3 Å². The van der Waals surface area contributed by atoms with Crippen LogP contribution in [0.25, 0.3) is 10.8 Å². The van der Waals surface area contributed by atoms with Crippen molar-refractivity contribution >= 4 is 17.2 Å². The molecule has 1 N–H and O–H groups in total. The van der Waals surface area contributed by atoms with Gasteiger partial charge in [-0.1, -0.05) is 0 Å². The maximum absolute atomic E-state index is 12.1. The number of carbonyl (C=O) groups is 1. The van der Waals surface area contributed by atoms with Crippen molar-refractivity contribution in [3.63, 3.8) is 0 Å². The summed E-state index contributed by atoms with van der Waals surface area (Å²) in [4.78, 5) is 17.5. The summed E-state index contributed by atoms with van der Waals surface area (Å²) in [7, 11) is 1.49.